The van der Waals surface area contributed by atoms with Crippen molar-refractivity contribution in [1.82, 2.24) is 14.8 Å². The monoisotopic (exact) mass is 680 g/mol. The van der Waals surface area contributed by atoms with Gasteiger partial charge < -0.3 is 15.5 Å². The quantitative estimate of drug-likeness (QED) is 0.204. The van der Waals surface area contributed by atoms with Crippen LogP contribution in [0.4, 0.5) is 10.1 Å². The van der Waals surface area contributed by atoms with E-state index in [4.69, 9.17) is 0 Å². The summed E-state index contributed by atoms with van der Waals surface area (Å²) in [6.45, 7) is 2.40. The Hall–Kier alpha value is -3.83. The maximum absolute atomic E-state index is 13.9. The maximum Gasteiger partial charge on any atom is 0.276 e. The molecule has 218 valence electrons. The molecule has 4 rings (SSSR count). The Labute approximate surface area is 258 Å². The van der Waals surface area contributed by atoms with Crippen LogP contribution in [0.2, 0.25) is 0 Å². The highest BCUT2D eigenvalue weighted by molar-refractivity contribution is 14.1. The van der Waals surface area contributed by atoms with E-state index in [1.165, 1.54) is 16.7 Å². The van der Waals surface area contributed by atoms with Gasteiger partial charge in [0.15, 0.2) is 0 Å². The van der Waals surface area contributed by atoms with Gasteiger partial charge in [-0.1, -0.05) is 60.7 Å². The van der Waals surface area contributed by atoms with E-state index in [-0.39, 0.29) is 24.0 Å². The molecule has 0 radical (unpaired) electrons. The van der Waals surface area contributed by atoms with Gasteiger partial charge in [-0.25, -0.2) is 4.39 Å². The fourth-order valence-electron chi connectivity index (χ4n) is 4.52. The highest BCUT2D eigenvalue weighted by atomic mass is 127. The fraction of sp³-hybridized carbons (Fsp3) is 0.242. The van der Waals surface area contributed by atoms with E-state index in [0.717, 1.165) is 11.1 Å². The lowest BCUT2D eigenvalue weighted by molar-refractivity contribution is -0.131. The van der Waals surface area contributed by atoms with Crippen molar-refractivity contribution in [3.63, 3.8) is 0 Å². The summed E-state index contributed by atoms with van der Waals surface area (Å²) in [5.41, 5.74) is 2.86. The lowest BCUT2D eigenvalue weighted by atomic mass is 10.1. The maximum atomic E-state index is 13.9. The van der Waals surface area contributed by atoms with E-state index in [1.54, 1.807) is 37.1 Å². The Morgan fingerprint density at radius 2 is 1.45 bits per heavy atom. The van der Waals surface area contributed by atoms with Crippen LogP contribution < -0.4 is 16.2 Å². The van der Waals surface area contributed by atoms with Crippen molar-refractivity contribution in [2.24, 2.45) is 0 Å². The number of aromatic nitrogens is 1. The van der Waals surface area contributed by atoms with Crippen LogP contribution in [-0.2, 0) is 29.0 Å². The summed E-state index contributed by atoms with van der Waals surface area (Å²) >= 11 is 2.00. The number of amides is 2. The molecular weight excluding hydrogens is 646 g/mol. The molecule has 3 aromatic carbocycles. The lowest BCUT2D eigenvalue weighted by Gasteiger charge is -2.25. The topological polar surface area (TPSA) is 83.4 Å². The van der Waals surface area contributed by atoms with Crippen molar-refractivity contribution in [2.75, 3.05) is 25.5 Å². The highest BCUT2D eigenvalue weighted by Crippen LogP contribution is 2.25. The van der Waals surface area contributed by atoms with E-state index < -0.39 is 17.4 Å². The number of carbonyl (C=O) groups excluding carboxylic acids is 2. The number of nitrogens with one attached hydrogen (secondary N) is 2. The van der Waals surface area contributed by atoms with Crippen LogP contribution in [-0.4, -0.2) is 47.5 Å². The number of carbonyl (C=O) groups is 2. The van der Waals surface area contributed by atoms with Gasteiger partial charge in [0.05, 0.1) is 11.7 Å². The minimum absolute atomic E-state index is 0.0986. The number of benzene rings is 3. The number of likely N-dealkylation sites (N-methyl/N-ethyl adjacent to an activating group) is 1. The molecule has 0 bridgehead atoms. The van der Waals surface area contributed by atoms with Crippen molar-refractivity contribution < 1.29 is 14.0 Å². The molecule has 7 nitrogen and oxygen atoms in total. The number of rotatable bonds is 12. The Morgan fingerprint density at radius 3 is 1.98 bits per heavy atom. The molecular formula is C33H34FIN4O3. The molecule has 0 spiro atoms. The van der Waals surface area contributed by atoms with Crippen molar-refractivity contribution in [3.8, 4) is 11.3 Å². The van der Waals surface area contributed by atoms with E-state index in [1.807, 2.05) is 83.3 Å². The SMILES string of the molecule is CNC(C)C(=O)Nc1c(I)cc(-c2ccc(F)cc2)n(CC(=O)N(CCc2ccccc2)CCc2ccccc2)c1=O. The number of pyridine rings is 1. The molecule has 0 saturated carbocycles. The first kappa shape index (κ1) is 31.1. The third-order valence-corrected chi connectivity index (χ3v) is 7.99. The zero-order valence-corrected chi connectivity index (χ0v) is 25.8. The molecule has 0 fully saturated rings. The summed E-state index contributed by atoms with van der Waals surface area (Å²) in [5.74, 6) is -1.00. The summed E-state index contributed by atoms with van der Waals surface area (Å²) in [6, 6.07) is 26.9. The van der Waals surface area contributed by atoms with Crippen LogP contribution in [0.15, 0.2) is 95.8 Å². The minimum atomic E-state index is -0.529. The van der Waals surface area contributed by atoms with Crippen LogP contribution in [0, 0.1) is 9.39 Å². The van der Waals surface area contributed by atoms with Gasteiger partial charge in [-0.2, -0.15) is 0 Å². The Balaban J connectivity index is 1.69. The van der Waals surface area contributed by atoms with Gasteiger partial charge in [-0.3, -0.25) is 19.0 Å². The second kappa shape index (κ2) is 14.9. The van der Waals surface area contributed by atoms with Gasteiger partial charge in [0.2, 0.25) is 11.8 Å². The number of hydrogen-bond acceptors (Lipinski definition) is 4. The smallest absolute Gasteiger partial charge is 0.276 e. The fourth-order valence-corrected chi connectivity index (χ4v) is 5.18. The van der Waals surface area contributed by atoms with E-state index >= 15 is 0 Å². The predicted octanol–water partition coefficient (Wildman–Crippen LogP) is 5.12. The molecule has 2 N–H and O–H groups in total. The molecule has 1 aromatic heterocycles. The van der Waals surface area contributed by atoms with Crippen LogP contribution in [0.1, 0.15) is 18.1 Å². The second-order valence-electron chi connectivity index (χ2n) is 10.0. The standard InChI is InChI=1S/C33H34FIN4O3/c1-23(36-2)32(41)37-31-28(35)21-29(26-13-15-27(34)16-14-26)39(33(31)42)22-30(40)38(19-17-24-9-5-3-6-10-24)20-18-25-11-7-4-8-12-25/h3-16,21,23,36H,17-20,22H2,1-2H3,(H,37,41). The first-order chi connectivity index (χ1) is 20.3. The van der Waals surface area contributed by atoms with Crippen LogP contribution in [0.25, 0.3) is 11.3 Å². The third kappa shape index (κ3) is 8.13. The molecule has 1 heterocycles. The minimum Gasteiger partial charge on any atom is -0.340 e. The Bertz CT molecular complexity index is 1520. The summed E-state index contributed by atoms with van der Waals surface area (Å²) in [5, 5.41) is 5.59. The predicted molar refractivity (Wildman–Crippen MR) is 173 cm³/mol. The van der Waals surface area contributed by atoms with Crippen molar-refractivity contribution in [1.29, 1.82) is 0 Å². The number of halogens is 2. The molecule has 0 aliphatic rings. The van der Waals surface area contributed by atoms with Crippen LogP contribution in [0.3, 0.4) is 0 Å². The highest BCUT2D eigenvalue weighted by Gasteiger charge is 2.22. The van der Waals surface area contributed by atoms with Crippen molar-refractivity contribution in [3.05, 3.63) is 122 Å². The Morgan fingerprint density at radius 1 is 0.905 bits per heavy atom. The third-order valence-electron chi connectivity index (χ3n) is 7.14. The molecule has 0 aliphatic heterocycles. The zero-order chi connectivity index (χ0) is 30.1. The average molecular weight is 681 g/mol. The van der Waals surface area contributed by atoms with Gasteiger partial charge in [-0.05, 0) is 96.4 Å². The molecule has 2 amide bonds. The molecule has 9 heteroatoms. The van der Waals surface area contributed by atoms with E-state index in [2.05, 4.69) is 10.6 Å². The van der Waals surface area contributed by atoms with Gasteiger partial charge in [0.25, 0.3) is 5.56 Å². The van der Waals surface area contributed by atoms with E-state index in [9.17, 15) is 18.8 Å². The summed E-state index contributed by atoms with van der Waals surface area (Å²) in [6.07, 6.45) is 1.33. The average Bonchev–Trinajstić information content (AvgIpc) is 3.01. The molecule has 0 aliphatic carbocycles. The molecule has 4 aromatic rings. The van der Waals surface area contributed by atoms with Crippen molar-refractivity contribution in [2.45, 2.75) is 32.4 Å². The lowest BCUT2D eigenvalue weighted by Crippen LogP contribution is -2.41. The second-order valence-corrected chi connectivity index (χ2v) is 11.2. The van der Waals surface area contributed by atoms with Gasteiger partial charge in [0.1, 0.15) is 18.0 Å². The number of hydrogen-bond donors (Lipinski definition) is 2. The Kier molecular flexibility index (Phi) is 11.0. The summed E-state index contributed by atoms with van der Waals surface area (Å²) in [4.78, 5) is 42.3. The van der Waals surface area contributed by atoms with Crippen LogP contribution >= 0.6 is 22.6 Å². The van der Waals surface area contributed by atoms with E-state index in [0.29, 0.717) is 40.8 Å². The normalized spacial score (nSPS) is 11.6. The first-order valence-electron chi connectivity index (χ1n) is 13.8. The molecule has 42 heavy (non-hydrogen) atoms. The van der Waals surface area contributed by atoms with Crippen molar-refractivity contribution >= 4 is 40.1 Å². The van der Waals surface area contributed by atoms with Crippen LogP contribution in [0.5, 0.6) is 0 Å². The summed E-state index contributed by atoms with van der Waals surface area (Å²) in [7, 11) is 1.66. The largest absolute Gasteiger partial charge is 0.340 e. The first-order valence-corrected chi connectivity index (χ1v) is 14.9. The molecule has 1 unspecified atom stereocenters. The van der Waals surface area contributed by atoms with Gasteiger partial charge in [0, 0.05) is 16.7 Å². The van der Waals surface area contributed by atoms with Gasteiger partial charge >= 0.3 is 0 Å². The molecule has 1 atom stereocenters. The van der Waals surface area contributed by atoms with Gasteiger partial charge in [-0.15, -0.1) is 0 Å². The number of nitrogens with zero attached hydrogens (tertiary/aromatic N) is 2. The molecule has 0 saturated heterocycles. The zero-order valence-electron chi connectivity index (χ0n) is 23.6. The summed E-state index contributed by atoms with van der Waals surface area (Å²) < 4.78 is 15.6. The number of anilines is 1.